The third kappa shape index (κ3) is 3.82. The molecule has 6 heteroatoms. The summed E-state index contributed by atoms with van der Waals surface area (Å²) in [6, 6.07) is 13.4. The first-order valence-electron chi connectivity index (χ1n) is 9.00. The van der Waals surface area contributed by atoms with E-state index in [9.17, 15) is 9.59 Å². The highest BCUT2D eigenvalue weighted by atomic mass is 32.1. The summed E-state index contributed by atoms with van der Waals surface area (Å²) in [5.74, 6) is 0.0808. The van der Waals surface area contributed by atoms with E-state index in [1.165, 1.54) is 16.9 Å². The fourth-order valence-corrected chi connectivity index (χ4v) is 4.49. The molecular formula is C21H21NO4S. The van der Waals surface area contributed by atoms with Crippen molar-refractivity contribution in [1.82, 2.24) is 4.90 Å². The molecule has 0 aliphatic carbocycles. The van der Waals surface area contributed by atoms with Crippen LogP contribution in [0, 0.1) is 0 Å². The molecule has 1 saturated heterocycles. The van der Waals surface area contributed by atoms with Gasteiger partial charge in [0.2, 0.25) is 0 Å². The van der Waals surface area contributed by atoms with Crippen LogP contribution in [-0.4, -0.2) is 42.1 Å². The van der Waals surface area contributed by atoms with Gasteiger partial charge in [-0.3, -0.25) is 9.69 Å². The second kappa shape index (κ2) is 7.66. The maximum atomic E-state index is 12.7. The molecule has 3 heterocycles. The molecule has 2 aromatic rings. The number of thiophene rings is 1. The second-order valence-electron chi connectivity index (χ2n) is 6.82. The first kappa shape index (κ1) is 17.9. The van der Waals surface area contributed by atoms with Gasteiger partial charge in [0.05, 0.1) is 30.2 Å². The molecule has 2 bridgehead atoms. The van der Waals surface area contributed by atoms with Crippen molar-refractivity contribution < 1.29 is 19.1 Å². The molecule has 140 valence electrons. The van der Waals surface area contributed by atoms with Crippen molar-refractivity contribution in [3.8, 4) is 0 Å². The van der Waals surface area contributed by atoms with Gasteiger partial charge < -0.3 is 9.47 Å². The van der Waals surface area contributed by atoms with Crippen molar-refractivity contribution in [2.75, 3.05) is 13.2 Å². The fourth-order valence-electron chi connectivity index (χ4n) is 3.56. The molecule has 2 aliphatic rings. The zero-order chi connectivity index (χ0) is 18.8. The van der Waals surface area contributed by atoms with Crippen LogP contribution < -0.4 is 0 Å². The number of ketones is 1. The van der Waals surface area contributed by atoms with Crippen molar-refractivity contribution in [1.29, 1.82) is 0 Å². The van der Waals surface area contributed by atoms with Gasteiger partial charge in [-0.05, 0) is 36.6 Å². The van der Waals surface area contributed by atoms with Gasteiger partial charge in [-0.15, -0.1) is 11.3 Å². The van der Waals surface area contributed by atoms with E-state index in [4.69, 9.17) is 9.47 Å². The lowest BCUT2D eigenvalue weighted by Gasteiger charge is -2.43. The molecule has 1 amide bonds. The molecule has 0 radical (unpaired) electrons. The summed E-state index contributed by atoms with van der Waals surface area (Å²) < 4.78 is 11.2. The lowest BCUT2D eigenvalue weighted by atomic mass is 9.94. The van der Waals surface area contributed by atoms with Crippen molar-refractivity contribution in [2.45, 2.75) is 32.0 Å². The number of fused-ring (bicyclic) bond motifs is 2. The average Bonchev–Trinajstić information content (AvgIpc) is 3.16. The number of carbonyl (C=O) groups is 2. The number of Topliss-reactive ketones (excluding diaryl/α,β-unsaturated/α-hetero) is 1. The first-order valence-corrected chi connectivity index (χ1v) is 9.82. The van der Waals surface area contributed by atoms with E-state index in [1.54, 1.807) is 11.8 Å². The predicted octanol–water partition coefficient (Wildman–Crippen LogP) is 4.14. The minimum atomic E-state index is -0.303. The summed E-state index contributed by atoms with van der Waals surface area (Å²) in [6.45, 7) is 2.81. The molecule has 27 heavy (non-hydrogen) atoms. The molecule has 5 nitrogen and oxygen atoms in total. The zero-order valence-corrected chi connectivity index (χ0v) is 15.9. The summed E-state index contributed by atoms with van der Waals surface area (Å²) in [5, 5.41) is 0. The lowest BCUT2D eigenvalue weighted by Crippen LogP contribution is -2.56. The molecule has 2 unspecified atom stereocenters. The van der Waals surface area contributed by atoms with Gasteiger partial charge in [0.25, 0.3) is 0 Å². The maximum Gasteiger partial charge on any atom is 0.411 e. The number of hydrogen-bond acceptors (Lipinski definition) is 5. The van der Waals surface area contributed by atoms with Crippen LogP contribution in [0.25, 0.3) is 5.57 Å². The van der Waals surface area contributed by atoms with Gasteiger partial charge in [-0.1, -0.05) is 36.4 Å². The molecule has 0 spiro atoms. The fraction of sp³-hybridized carbons (Fsp3) is 0.333. The third-order valence-electron chi connectivity index (χ3n) is 4.88. The van der Waals surface area contributed by atoms with E-state index in [1.807, 2.05) is 42.5 Å². The second-order valence-corrected chi connectivity index (χ2v) is 7.91. The van der Waals surface area contributed by atoms with Crippen LogP contribution in [0.5, 0.6) is 0 Å². The van der Waals surface area contributed by atoms with Crippen LogP contribution in [0.1, 0.15) is 33.5 Å². The third-order valence-corrected chi connectivity index (χ3v) is 6.15. The SMILES string of the molecule is CC(=O)c1ccc(C2=CC3COCC(C2)N3C(=O)OCc2ccccc2)s1. The Hall–Kier alpha value is -2.44. The van der Waals surface area contributed by atoms with Crippen LogP contribution in [0.3, 0.4) is 0 Å². The molecule has 0 N–H and O–H groups in total. The van der Waals surface area contributed by atoms with Crippen LogP contribution in [0.4, 0.5) is 4.79 Å². The molecule has 1 aromatic heterocycles. The van der Waals surface area contributed by atoms with E-state index in [0.717, 1.165) is 15.3 Å². The Balaban J connectivity index is 1.49. The number of amides is 1. The van der Waals surface area contributed by atoms with Crippen molar-refractivity contribution in [2.24, 2.45) is 0 Å². The van der Waals surface area contributed by atoms with E-state index in [2.05, 4.69) is 6.08 Å². The highest BCUT2D eigenvalue weighted by molar-refractivity contribution is 7.15. The monoisotopic (exact) mass is 383 g/mol. The van der Waals surface area contributed by atoms with Crippen LogP contribution >= 0.6 is 11.3 Å². The number of rotatable bonds is 4. The smallest absolute Gasteiger partial charge is 0.411 e. The number of morpholine rings is 1. The Kier molecular flexibility index (Phi) is 5.09. The Labute approximate surface area is 162 Å². The summed E-state index contributed by atoms with van der Waals surface area (Å²) in [7, 11) is 0. The molecule has 1 fully saturated rings. The highest BCUT2D eigenvalue weighted by Crippen LogP contribution is 2.36. The molecule has 2 atom stereocenters. The lowest BCUT2D eigenvalue weighted by molar-refractivity contribution is -0.0341. The maximum absolute atomic E-state index is 12.7. The van der Waals surface area contributed by atoms with Crippen molar-refractivity contribution in [3.63, 3.8) is 0 Å². The quantitative estimate of drug-likeness (QED) is 0.745. The number of nitrogens with zero attached hydrogens (tertiary/aromatic N) is 1. The minimum absolute atomic E-state index is 0.0464. The van der Waals surface area contributed by atoms with Crippen molar-refractivity contribution in [3.05, 3.63) is 63.9 Å². The van der Waals surface area contributed by atoms with Crippen molar-refractivity contribution >= 4 is 28.8 Å². The van der Waals surface area contributed by atoms with Gasteiger partial charge >= 0.3 is 6.09 Å². The standard InChI is InChI=1S/C21H21NO4S/c1-14(23)19-7-8-20(27-19)16-9-17-12-25-13-18(10-16)22(17)21(24)26-11-15-5-3-2-4-6-15/h2-9,17-18H,10-13H2,1H3. The molecule has 2 aliphatic heterocycles. The Morgan fingerprint density at radius 3 is 2.70 bits per heavy atom. The van der Waals surface area contributed by atoms with Crippen LogP contribution in [0.15, 0.2) is 48.5 Å². The molecule has 4 rings (SSSR count). The molecular weight excluding hydrogens is 362 g/mol. The predicted molar refractivity (Wildman–Crippen MR) is 104 cm³/mol. The van der Waals surface area contributed by atoms with Crippen LogP contribution in [0.2, 0.25) is 0 Å². The number of hydrogen-bond donors (Lipinski definition) is 0. The topological polar surface area (TPSA) is 55.8 Å². The number of ether oxygens (including phenoxy) is 2. The summed E-state index contributed by atoms with van der Waals surface area (Å²) in [5.41, 5.74) is 2.15. The van der Waals surface area contributed by atoms with Crippen LogP contribution in [-0.2, 0) is 16.1 Å². The molecule has 1 aromatic carbocycles. The van der Waals surface area contributed by atoms with Gasteiger partial charge in [-0.2, -0.15) is 0 Å². The largest absolute Gasteiger partial charge is 0.445 e. The van der Waals surface area contributed by atoms with E-state index in [0.29, 0.717) is 19.6 Å². The number of carbonyl (C=O) groups excluding carboxylic acids is 2. The molecule has 0 saturated carbocycles. The van der Waals surface area contributed by atoms with E-state index in [-0.39, 0.29) is 30.6 Å². The Morgan fingerprint density at radius 1 is 1.19 bits per heavy atom. The summed E-state index contributed by atoms with van der Waals surface area (Å²) >= 11 is 1.51. The highest BCUT2D eigenvalue weighted by Gasteiger charge is 2.39. The zero-order valence-electron chi connectivity index (χ0n) is 15.1. The normalized spacial score (nSPS) is 21.5. The van der Waals surface area contributed by atoms with E-state index < -0.39 is 0 Å². The Morgan fingerprint density at radius 2 is 2.00 bits per heavy atom. The van der Waals surface area contributed by atoms with Gasteiger partial charge in [0, 0.05) is 4.88 Å². The van der Waals surface area contributed by atoms with E-state index >= 15 is 0 Å². The van der Waals surface area contributed by atoms with Gasteiger partial charge in [0.1, 0.15) is 6.61 Å². The summed E-state index contributed by atoms with van der Waals surface area (Å²) in [6.07, 6.45) is 2.48. The van der Waals surface area contributed by atoms with Gasteiger partial charge in [-0.25, -0.2) is 4.79 Å². The van der Waals surface area contributed by atoms with Gasteiger partial charge in [0.15, 0.2) is 5.78 Å². The minimum Gasteiger partial charge on any atom is -0.445 e. The number of benzene rings is 1. The Bertz CT molecular complexity index is 873. The average molecular weight is 383 g/mol. The summed E-state index contributed by atoms with van der Waals surface area (Å²) in [4.78, 5) is 27.9. The first-order chi connectivity index (χ1) is 13.1.